The van der Waals surface area contributed by atoms with Crippen molar-refractivity contribution < 1.29 is 23.5 Å². The Morgan fingerprint density at radius 2 is 2.00 bits per heavy atom. The Bertz CT molecular complexity index is 695. The van der Waals surface area contributed by atoms with Crippen LogP contribution in [-0.2, 0) is 23.5 Å². The number of cyclic esters (lactones) is 1. The lowest BCUT2D eigenvalue weighted by molar-refractivity contribution is -0.137. The summed E-state index contributed by atoms with van der Waals surface area (Å²) >= 11 is 0. The Kier molecular flexibility index (Phi) is 5.41. The van der Waals surface area contributed by atoms with Gasteiger partial charge < -0.3 is 13.9 Å². The number of allylic oxidation sites excluding steroid dienone is 1. The van der Waals surface area contributed by atoms with Crippen molar-refractivity contribution in [2.75, 3.05) is 7.11 Å². The highest BCUT2D eigenvalue weighted by atomic mass is 28.4. The highest BCUT2D eigenvalue weighted by molar-refractivity contribution is 6.74. The van der Waals surface area contributed by atoms with Crippen LogP contribution in [0.4, 0.5) is 0 Å². The van der Waals surface area contributed by atoms with Crippen molar-refractivity contribution in [2.45, 2.75) is 64.8 Å². The average Bonchev–Trinajstić information content (AvgIpc) is 2.78. The molecule has 144 valence electrons. The maximum absolute atomic E-state index is 13.2. The normalized spacial score (nSPS) is 27.0. The predicted octanol–water partition coefficient (Wildman–Crippen LogP) is 4.27. The first kappa shape index (κ1) is 20.6. The van der Waals surface area contributed by atoms with Gasteiger partial charge in [-0.05, 0) is 31.0 Å². The lowest BCUT2D eigenvalue weighted by Gasteiger charge is -2.42. The van der Waals surface area contributed by atoms with Gasteiger partial charge in [0, 0.05) is 5.41 Å². The van der Waals surface area contributed by atoms with Gasteiger partial charge in [0.15, 0.2) is 25.6 Å². The fourth-order valence-electron chi connectivity index (χ4n) is 3.05. The molecule has 0 aromatic carbocycles. The van der Waals surface area contributed by atoms with Crippen LogP contribution in [0.3, 0.4) is 0 Å². The predicted molar refractivity (Wildman–Crippen MR) is 103 cm³/mol. The van der Waals surface area contributed by atoms with Crippen LogP contribution in [-0.4, -0.2) is 33.3 Å². The zero-order valence-corrected chi connectivity index (χ0v) is 17.9. The molecule has 1 aliphatic heterocycles. The summed E-state index contributed by atoms with van der Waals surface area (Å²) in [5, 5.41) is 0.0808. The average molecular weight is 379 g/mol. The number of carbonyl (C=O) groups is 2. The number of rotatable bonds is 5. The van der Waals surface area contributed by atoms with Gasteiger partial charge in [-0.25, -0.2) is 4.79 Å². The largest absolute Gasteiger partial charge is 0.492 e. The van der Waals surface area contributed by atoms with Crippen LogP contribution in [0, 0.1) is 5.41 Å². The molecule has 0 unspecified atom stereocenters. The third-order valence-corrected chi connectivity index (χ3v) is 10.2. The summed E-state index contributed by atoms with van der Waals surface area (Å²) in [5.41, 5.74) is -0.786. The van der Waals surface area contributed by atoms with Gasteiger partial charge in [0.2, 0.25) is 0 Å². The molecule has 0 saturated carbocycles. The maximum Gasteiger partial charge on any atom is 0.351 e. The number of ketones is 1. The van der Waals surface area contributed by atoms with Crippen LogP contribution in [0.25, 0.3) is 0 Å². The van der Waals surface area contributed by atoms with Gasteiger partial charge in [-0.2, -0.15) is 0 Å². The van der Waals surface area contributed by atoms with E-state index in [9.17, 15) is 9.59 Å². The number of esters is 1. The molecule has 1 aliphatic carbocycles. The summed E-state index contributed by atoms with van der Waals surface area (Å²) in [7, 11) is -0.566. The minimum atomic E-state index is -1.97. The lowest BCUT2D eigenvalue weighted by atomic mass is 9.72. The molecule has 0 fully saturated rings. The molecule has 0 radical (unpaired) electrons. The fraction of sp³-hybridized carbons (Fsp3) is 0.600. The van der Waals surface area contributed by atoms with Gasteiger partial charge in [0.05, 0.1) is 13.2 Å². The highest BCUT2D eigenvalue weighted by Gasteiger charge is 2.47. The minimum absolute atomic E-state index is 0.0404. The second-order valence-corrected chi connectivity index (χ2v) is 13.6. The van der Waals surface area contributed by atoms with Crippen LogP contribution >= 0.6 is 0 Å². The van der Waals surface area contributed by atoms with E-state index in [1.165, 1.54) is 7.11 Å². The summed E-state index contributed by atoms with van der Waals surface area (Å²) in [6.07, 6.45) is 4.93. The third kappa shape index (κ3) is 3.71. The number of ether oxygens (including phenoxy) is 2. The van der Waals surface area contributed by atoms with E-state index in [0.717, 1.165) is 0 Å². The second kappa shape index (κ2) is 6.81. The summed E-state index contributed by atoms with van der Waals surface area (Å²) in [4.78, 5) is 25.3. The van der Waals surface area contributed by atoms with E-state index >= 15 is 0 Å². The van der Waals surface area contributed by atoms with Crippen molar-refractivity contribution in [3.8, 4) is 0 Å². The van der Waals surface area contributed by atoms with Crippen LogP contribution in [0.1, 0.15) is 40.5 Å². The van der Waals surface area contributed by atoms with Crippen molar-refractivity contribution in [2.24, 2.45) is 5.41 Å². The fourth-order valence-corrected chi connectivity index (χ4v) is 4.32. The van der Waals surface area contributed by atoms with E-state index in [-0.39, 0.29) is 34.0 Å². The van der Waals surface area contributed by atoms with E-state index in [4.69, 9.17) is 13.9 Å². The van der Waals surface area contributed by atoms with E-state index in [0.29, 0.717) is 12.8 Å². The molecular formula is C20H30O5Si. The van der Waals surface area contributed by atoms with E-state index in [1.54, 1.807) is 0 Å². The first-order chi connectivity index (χ1) is 11.8. The standard InChI is InChI=1S/C20H30O5Si/c1-13-16(23-6)15(18(22)24-13)17(21)20(5)11-9-10-14(12-20)25-26(7,8)19(2,3)4/h9-10,14H,1,11-12H2,2-8H3/t14-,20+/m1/s1. The zero-order valence-electron chi connectivity index (χ0n) is 16.9. The molecule has 0 N–H and O–H groups in total. The molecule has 0 bridgehead atoms. The van der Waals surface area contributed by atoms with Gasteiger partial charge in [0.1, 0.15) is 5.57 Å². The molecule has 2 aliphatic rings. The van der Waals surface area contributed by atoms with Gasteiger partial charge in [0.25, 0.3) is 0 Å². The summed E-state index contributed by atoms with van der Waals surface area (Å²) in [6, 6.07) is 0. The highest BCUT2D eigenvalue weighted by Crippen LogP contribution is 2.43. The maximum atomic E-state index is 13.2. The van der Waals surface area contributed by atoms with E-state index < -0.39 is 19.7 Å². The summed E-state index contributed by atoms with van der Waals surface area (Å²) < 4.78 is 16.6. The van der Waals surface area contributed by atoms with Gasteiger partial charge in [-0.1, -0.05) is 46.4 Å². The first-order valence-corrected chi connectivity index (χ1v) is 11.8. The van der Waals surface area contributed by atoms with Crippen LogP contribution in [0.5, 0.6) is 0 Å². The molecule has 2 atom stereocenters. The van der Waals surface area contributed by atoms with Crippen molar-refractivity contribution in [1.29, 1.82) is 0 Å². The first-order valence-electron chi connectivity index (χ1n) is 8.91. The quantitative estimate of drug-likeness (QED) is 0.309. The zero-order chi connectivity index (χ0) is 19.9. The summed E-state index contributed by atoms with van der Waals surface area (Å²) in [6.45, 7) is 16.5. The second-order valence-electron chi connectivity index (χ2n) is 8.86. The van der Waals surface area contributed by atoms with Crippen molar-refractivity contribution in [3.63, 3.8) is 0 Å². The number of hydrogen-bond acceptors (Lipinski definition) is 5. The molecule has 6 heteroatoms. The van der Waals surface area contributed by atoms with Gasteiger partial charge in [-0.3, -0.25) is 4.79 Å². The van der Waals surface area contributed by atoms with E-state index in [1.807, 2.05) is 19.1 Å². The molecule has 1 heterocycles. The molecule has 0 aromatic heterocycles. The molecule has 0 amide bonds. The van der Waals surface area contributed by atoms with E-state index in [2.05, 4.69) is 40.4 Å². The topological polar surface area (TPSA) is 61.8 Å². The van der Waals surface area contributed by atoms with Crippen molar-refractivity contribution in [1.82, 2.24) is 0 Å². The lowest BCUT2D eigenvalue weighted by Crippen LogP contribution is -2.46. The molecule has 0 aromatic rings. The third-order valence-electron chi connectivity index (χ3n) is 5.70. The molecule has 0 spiro atoms. The number of carbonyl (C=O) groups excluding carboxylic acids is 2. The monoisotopic (exact) mass is 378 g/mol. The van der Waals surface area contributed by atoms with Crippen molar-refractivity contribution in [3.05, 3.63) is 35.8 Å². The van der Waals surface area contributed by atoms with Gasteiger partial charge in [-0.15, -0.1) is 0 Å². The minimum Gasteiger partial charge on any atom is -0.492 e. The Labute approximate surface area is 157 Å². The molecule has 2 rings (SSSR count). The number of Topliss-reactive ketones (excluding diaryl/α,β-unsaturated/α-hetero) is 1. The molecule has 0 saturated heterocycles. The molecular weight excluding hydrogens is 348 g/mol. The SMILES string of the molecule is C=C1OC(=O)C(C(=O)[C@@]2(C)CC=C[C@@H](O[Si](C)(C)C(C)(C)C)C2)=C1OC. The van der Waals surface area contributed by atoms with Crippen molar-refractivity contribution >= 4 is 20.1 Å². The Balaban J connectivity index is 2.27. The Morgan fingerprint density at radius 3 is 2.54 bits per heavy atom. The Morgan fingerprint density at radius 1 is 1.38 bits per heavy atom. The molecule has 5 nitrogen and oxygen atoms in total. The number of hydrogen-bond donors (Lipinski definition) is 0. The van der Waals surface area contributed by atoms with Crippen LogP contribution in [0.15, 0.2) is 35.8 Å². The smallest absolute Gasteiger partial charge is 0.351 e. The number of methoxy groups -OCH3 is 1. The van der Waals surface area contributed by atoms with Crippen LogP contribution < -0.4 is 0 Å². The van der Waals surface area contributed by atoms with Gasteiger partial charge >= 0.3 is 5.97 Å². The van der Waals surface area contributed by atoms with Crippen LogP contribution in [0.2, 0.25) is 18.1 Å². The Hall–Kier alpha value is -1.66. The molecule has 26 heavy (non-hydrogen) atoms. The summed E-state index contributed by atoms with van der Waals surface area (Å²) in [5.74, 6) is -0.733.